The zero-order valence-electron chi connectivity index (χ0n) is 10.7. The molecule has 1 amide bonds. The molecule has 19 heavy (non-hydrogen) atoms. The fraction of sp³-hybridized carbons (Fsp3) is 0.429. The monoisotopic (exact) mass is 262 g/mol. The summed E-state index contributed by atoms with van der Waals surface area (Å²) in [7, 11) is 0. The van der Waals surface area contributed by atoms with Gasteiger partial charge in [-0.15, -0.1) is 0 Å². The van der Waals surface area contributed by atoms with Gasteiger partial charge in [-0.1, -0.05) is 30.3 Å². The Morgan fingerprint density at radius 3 is 2.79 bits per heavy atom. The third kappa shape index (κ3) is 4.37. The molecule has 0 bridgehead atoms. The summed E-state index contributed by atoms with van der Waals surface area (Å²) in [5.74, 6) is -0.552. The molecule has 0 unspecified atom stereocenters. The lowest BCUT2D eigenvalue weighted by Gasteiger charge is -2.10. The Hall–Kier alpha value is -1.88. The minimum Gasteiger partial charge on any atom is -0.460 e. The minimum absolute atomic E-state index is 0.0795. The highest BCUT2D eigenvalue weighted by atomic mass is 16.5. The minimum atomic E-state index is -0.421. The average Bonchev–Trinajstić information content (AvgIpc) is 2.98. The van der Waals surface area contributed by atoms with Crippen molar-refractivity contribution in [3.05, 3.63) is 35.9 Å². The molecule has 2 N–H and O–H groups in total. The van der Waals surface area contributed by atoms with E-state index >= 15 is 0 Å². The van der Waals surface area contributed by atoms with Crippen LogP contribution in [0, 0.1) is 0 Å². The molecule has 1 atom stereocenters. The normalized spacial score (nSPS) is 18.0. The molecule has 0 radical (unpaired) electrons. The van der Waals surface area contributed by atoms with E-state index in [0.29, 0.717) is 0 Å². The molecule has 5 heteroatoms. The summed E-state index contributed by atoms with van der Waals surface area (Å²) in [6.07, 6.45) is 1.82. The largest absolute Gasteiger partial charge is 0.460 e. The number of hydrogen-bond acceptors (Lipinski definition) is 4. The first kappa shape index (κ1) is 13.5. The number of amides is 1. The highest BCUT2D eigenvalue weighted by Gasteiger charge is 2.22. The van der Waals surface area contributed by atoms with E-state index in [-0.39, 0.29) is 25.1 Å². The Morgan fingerprint density at radius 1 is 1.32 bits per heavy atom. The zero-order valence-corrected chi connectivity index (χ0v) is 10.7. The smallest absolute Gasteiger partial charge is 0.325 e. The van der Waals surface area contributed by atoms with Gasteiger partial charge in [-0.25, -0.2) is 0 Å². The van der Waals surface area contributed by atoms with Crippen molar-refractivity contribution in [2.75, 3.05) is 13.1 Å². The lowest BCUT2D eigenvalue weighted by molar-refractivity contribution is -0.145. The molecule has 102 valence electrons. The molecule has 0 saturated carbocycles. The maximum Gasteiger partial charge on any atom is 0.325 e. The molecule has 1 saturated heterocycles. The van der Waals surface area contributed by atoms with Crippen LogP contribution in [0.4, 0.5) is 0 Å². The second-order valence-corrected chi connectivity index (χ2v) is 4.51. The molecule has 1 aliphatic heterocycles. The standard InChI is InChI=1S/C14H18N2O3/c17-13(19-10-11-5-2-1-3-6-11)9-16-14(18)12-7-4-8-15-12/h1-3,5-6,12,15H,4,7-10H2,(H,16,18)/t12-/m1/s1. The number of nitrogens with one attached hydrogen (secondary N) is 2. The van der Waals surface area contributed by atoms with E-state index in [2.05, 4.69) is 10.6 Å². The van der Waals surface area contributed by atoms with Crippen LogP contribution in [0.5, 0.6) is 0 Å². The first-order valence-electron chi connectivity index (χ1n) is 6.46. The molecule has 1 aromatic carbocycles. The van der Waals surface area contributed by atoms with E-state index in [1.54, 1.807) is 0 Å². The van der Waals surface area contributed by atoms with Crippen LogP contribution in [0.25, 0.3) is 0 Å². The van der Waals surface area contributed by atoms with Gasteiger partial charge in [-0.3, -0.25) is 9.59 Å². The van der Waals surface area contributed by atoms with Gasteiger partial charge in [0, 0.05) is 0 Å². The third-order valence-corrected chi connectivity index (χ3v) is 3.03. The molecule has 5 nitrogen and oxygen atoms in total. The lowest BCUT2D eigenvalue weighted by atomic mass is 10.2. The Bertz CT molecular complexity index is 428. The van der Waals surface area contributed by atoms with Gasteiger partial charge in [0.2, 0.25) is 5.91 Å². The van der Waals surface area contributed by atoms with Crippen LogP contribution < -0.4 is 10.6 Å². The second-order valence-electron chi connectivity index (χ2n) is 4.51. The van der Waals surface area contributed by atoms with Crippen LogP contribution in [0.15, 0.2) is 30.3 Å². The fourth-order valence-corrected chi connectivity index (χ4v) is 1.98. The van der Waals surface area contributed by atoms with Crippen LogP contribution in [-0.4, -0.2) is 31.0 Å². The van der Waals surface area contributed by atoms with E-state index in [1.165, 1.54) is 0 Å². The highest BCUT2D eigenvalue weighted by molar-refractivity contribution is 5.85. The number of rotatable bonds is 5. The van der Waals surface area contributed by atoms with E-state index in [0.717, 1.165) is 24.9 Å². The van der Waals surface area contributed by atoms with Crippen molar-refractivity contribution >= 4 is 11.9 Å². The summed E-state index contributed by atoms with van der Waals surface area (Å²) >= 11 is 0. The number of carbonyl (C=O) groups is 2. The van der Waals surface area contributed by atoms with Crippen molar-refractivity contribution in [3.8, 4) is 0 Å². The quantitative estimate of drug-likeness (QED) is 0.762. The van der Waals surface area contributed by atoms with E-state index in [4.69, 9.17) is 4.74 Å². The third-order valence-electron chi connectivity index (χ3n) is 3.03. The van der Waals surface area contributed by atoms with Crippen molar-refractivity contribution in [3.63, 3.8) is 0 Å². The average molecular weight is 262 g/mol. The Balaban J connectivity index is 1.65. The van der Waals surface area contributed by atoms with Gasteiger partial charge in [-0.2, -0.15) is 0 Å². The van der Waals surface area contributed by atoms with Gasteiger partial charge in [0.05, 0.1) is 6.04 Å². The first-order valence-corrected chi connectivity index (χ1v) is 6.46. The van der Waals surface area contributed by atoms with Gasteiger partial charge in [0.1, 0.15) is 13.2 Å². The fourth-order valence-electron chi connectivity index (χ4n) is 1.98. The number of esters is 1. The predicted octanol–water partition coefficient (Wildman–Crippen LogP) is 0.598. The van der Waals surface area contributed by atoms with E-state index in [9.17, 15) is 9.59 Å². The number of benzene rings is 1. The van der Waals surface area contributed by atoms with Gasteiger partial charge in [-0.05, 0) is 24.9 Å². The second kappa shape index (κ2) is 6.89. The molecule has 2 rings (SSSR count). The molecular formula is C14H18N2O3. The molecule has 1 aromatic rings. The van der Waals surface area contributed by atoms with Gasteiger partial charge in [0.15, 0.2) is 0 Å². The van der Waals surface area contributed by atoms with Crippen LogP contribution in [0.3, 0.4) is 0 Å². The predicted molar refractivity (Wildman–Crippen MR) is 70.3 cm³/mol. The van der Waals surface area contributed by atoms with Crippen molar-refractivity contribution in [2.24, 2.45) is 0 Å². The molecule has 0 aliphatic carbocycles. The topological polar surface area (TPSA) is 67.4 Å². The Labute approximate surface area is 112 Å². The SMILES string of the molecule is O=C(CNC(=O)[C@H]1CCCN1)OCc1ccccc1. The number of carbonyl (C=O) groups excluding carboxylic acids is 2. The summed E-state index contributed by atoms with van der Waals surface area (Å²) in [4.78, 5) is 23.1. The molecular weight excluding hydrogens is 244 g/mol. The summed E-state index contributed by atoms with van der Waals surface area (Å²) in [6.45, 7) is 1.01. The van der Waals surface area contributed by atoms with Gasteiger partial charge < -0.3 is 15.4 Å². The first-order chi connectivity index (χ1) is 9.25. The van der Waals surface area contributed by atoms with Crippen molar-refractivity contribution in [1.82, 2.24) is 10.6 Å². The molecule has 0 aromatic heterocycles. The van der Waals surface area contributed by atoms with Crippen LogP contribution in [-0.2, 0) is 20.9 Å². The van der Waals surface area contributed by atoms with Gasteiger partial charge >= 0.3 is 5.97 Å². The number of hydrogen-bond donors (Lipinski definition) is 2. The van der Waals surface area contributed by atoms with E-state index < -0.39 is 5.97 Å². The molecule has 0 spiro atoms. The molecule has 1 heterocycles. The van der Waals surface area contributed by atoms with Crippen LogP contribution in [0.1, 0.15) is 18.4 Å². The Kier molecular flexibility index (Phi) is 4.92. The number of ether oxygens (including phenoxy) is 1. The summed E-state index contributed by atoms with van der Waals surface area (Å²) in [6, 6.07) is 9.28. The summed E-state index contributed by atoms with van der Waals surface area (Å²) in [5.41, 5.74) is 0.930. The molecule has 1 aliphatic rings. The zero-order chi connectivity index (χ0) is 13.5. The maximum absolute atomic E-state index is 11.6. The summed E-state index contributed by atoms with van der Waals surface area (Å²) in [5, 5.41) is 5.66. The van der Waals surface area contributed by atoms with E-state index in [1.807, 2.05) is 30.3 Å². The van der Waals surface area contributed by atoms with Crippen molar-refractivity contribution in [2.45, 2.75) is 25.5 Å². The summed E-state index contributed by atoms with van der Waals surface area (Å²) < 4.78 is 5.07. The van der Waals surface area contributed by atoms with Crippen LogP contribution >= 0.6 is 0 Å². The highest BCUT2D eigenvalue weighted by Crippen LogP contribution is 2.04. The lowest BCUT2D eigenvalue weighted by Crippen LogP contribution is -2.42. The van der Waals surface area contributed by atoms with Crippen molar-refractivity contribution in [1.29, 1.82) is 0 Å². The van der Waals surface area contributed by atoms with Crippen molar-refractivity contribution < 1.29 is 14.3 Å². The molecule has 1 fully saturated rings. The maximum atomic E-state index is 11.6. The Morgan fingerprint density at radius 2 is 2.11 bits per heavy atom. The van der Waals surface area contributed by atoms with Gasteiger partial charge in [0.25, 0.3) is 0 Å². The van der Waals surface area contributed by atoms with Crippen LogP contribution in [0.2, 0.25) is 0 Å².